The van der Waals surface area contributed by atoms with Crippen molar-refractivity contribution in [2.24, 2.45) is 11.7 Å². The molecule has 2 rings (SSSR count). The van der Waals surface area contributed by atoms with Crippen LogP contribution in [0.2, 0.25) is 5.02 Å². The monoisotopic (exact) mass is 312 g/mol. The lowest BCUT2D eigenvalue weighted by atomic mass is 9.86. The van der Waals surface area contributed by atoms with E-state index in [1.165, 1.54) is 7.11 Å². The molecule has 0 aromatic heterocycles. The minimum Gasteiger partial charge on any atom is -0.493 e. The molecule has 1 aromatic carbocycles. The van der Waals surface area contributed by atoms with Crippen molar-refractivity contribution in [1.29, 1.82) is 0 Å². The second kappa shape index (κ2) is 7.00. The number of ether oxygens (including phenoxy) is 2. The summed E-state index contributed by atoms with van der Waals surface area (Å²) in [6.45, 7) is 0. The van der Waals surface area contributed by atoms with Gasteiger partial charge in [-0.3, -0.25) is 4.79 Å². The van der Waals surface area contributed by atoms with E-state index in [0.717, 1.165) is 25.7 Å². The lowest BCUT2D eigenvalue weighted by Crippen LogP contribution is -2.32. The van der Waals surface area contributed by atoms with Gasteiger partial charge in [-0.05, 0) is 25.7 Å². The van der Waals surface area contributed by atoms with E-state index in [9.17, 15) is 4.79 Å². The molecular formula is C15H21ClN2O3. The molecule has 1 fully saturated rings. The van der Waals surface area contributed by atoms with Gasteiger partial charge in [0.1, 0.15) is 0 Å². The Bertz CT molecular complexity index is 514. The van der Waals surface area contributed by atoms with Crippen LogP contribution in [0.1, 0.15) is 25.7 Å². The number of hydrogen-bond donors (Lipinski definition) is 2. The van der Waals surface area contributed by atoms with Crippen molar-refractivity contribution in [2.75, 3.05) is 19.5 Å². The largest absolute Gasteiger partial charge is 0.493 e. The summed E-state index contributed by atoms with van der Waals surface area (Å²) in [5, 5.41) is 3.30. The number of nitrogens with two attached hydrogens (primary N) is 1. The highest BCUT2D eigenvalue weighted by Crippen LogP contribution is 2.36. The molecule has 3 N–H and O–H groups in total. The summed E-state index contributed by atoms with van der Waals surface area (Å²) >= 11 is 6.17. The molecule has 0 atom stereocenters. The van der Waals surface area contributed by atoms with Crippen molar-refractivity contribution in [3.63, 3.8) is 0 Å². The zero-order valence-electron chi connectivity index (χ0n) is 12.3. The summed E-state index contributed by atoms with van der Waals surface area (Å²) in [5.41, 5.74) is 6.40. The van der Waals surface area contributed by atoms with E-state index in [2.05, 4.69) is 5.32 Å². The average molecular weight is 313 g/mol. The number of halogens is 1. The first-order valence-electron chi connectivity index (χ1n) is 7.03. The van der Waals surface area contributed by atoms with Crippen molar-refractivity contribution in [3.05, 3.63) is 17.2 Å². The maximum absolute atomic E-state index is 12.3. The number of methoxy groups -OCH3 is 2. The summed E-state index contributed by atoms with van der Waals surface area (Å²) in [4.78, 5) is 12.3. The SMILES string of the molecule is COc1cc(Cl)c(NC(=O)C2CCC(N)CC2)cc1OC. The maximum atomic E-state index is 12.3. The van der Waals surface area contributed by atoms with Crippen LogP contribution in [0.3, 0.4) is 0 Å². The first-order chi connectivity index (χ1) is 10.0. The van der Waals surface area contributed by atoms with Crippen LogP contribution in [0.25, 0.3) is 0 Å². The van der Waals surface area contributed by atoms with Gasteiger partial charge in [0.25, 0.3) is 0 Å². The highest BCUT2D eigenvalue weighted by atomic mass is 35.5. The first-order valence-corrected chi connectivity index (χ1v) is 7.41. The molecule has 1 saturated carbocycles. The molecule has 1 aliphatic carbocycles. The third-order valence-electron chi connectivity index (χ3n) is 3.87. The van der Waals surface area contributed by atoms with Gasteiger partial charge in [-0.15, -0.1) is 0 Å². The predicted octanol–water partition coefficient (Wildman–Crippen LogP) is 2.81. The maximum Gasteiger partial charge on any atom is 0.227 e. The molecule has 0 heterocycles. The molecule has 1 aromatic rings. The lowest BCUT2D eigenvalue weighted by molar-refractivity contribution is -0.120. The number of carbonyl (C=O) groups is 1. The molecule has 0 bridgehead atoms. The summed E-state index contributed by atoms with van der Waals surface area (Å²) in [5.74, 6) is 1.04. The van der Waals surface area contributed by atoms with E-state index in [0.29, 0.717) is 22.2 Å². The smallest absolute Gasteiger partial charge is 0.227 e. The average Bonchev–Trinajstić information content (AvgIpc) is 2.49. The Morgan fingerprint density at radius 1 is 1.19 bits per heavy atom. The lowest BCUT2D eigenvalue weighted by Gasteiger charge is -2.25. The molecule has 0 spiro atoms. The van der Waals surface area contributed by atoms with Gasteiger partial charge in [0.05, 0.1) is 24.9 Å². The third-order valence-corrected chi connectivity index (χ3v) is 4.19. The molecule has 116 valence electrons. The van der Waals surface area contributed by atoms with Gasteiger partial charge < -0.3 is 20.5 Å². The Kier molecular flexibility index (Phi) is 5.31. The molecule has 6 heteroatoms. The molecule has 5 nitrogen and oxygen atoms in total. The normalized spacial score (nSPS) is 21.7. The quantitative estimate of drug-likeness (QED) is 0.896. The molecule has 0 unspecified atom stereocenters. The van der Waals surface area contributed by atoms with Gasteiger partial charge in [-0.1, -0.05) is 11.6 Å². The number of rotatable bonds is 4. The summed E-state index contributed by atoms with van der Waals surface area (Å²) in [6, 6.07) is 3.53. The van der Waals surface area contributed by atoms with Crippen LogP contribution in [0, 0.1) is 5.92 Å². The van der Waals surface area contributed by atoms with Gasteiger partial charge in [-0.25, -0.2) is 0 Å². The molecule has 0 radical (unpaired) electrons. The van der Waals surface area contributed by atoms with Crippen molar-refractivity contribution < 1.29 is 14.3 Å². The number of amides is 1. The molecule has 0 saturated heterocycles. The van der Waals surface area contributed by atoms with Crippen molar-refractivity contribution >= 4 is 23.2 Å². The number of nitrogens with one attached hydrogen (secondary N) is 1. The first kappa shape index (κ1) is 15.9. The fourth-order valence-corrected chi connectivity index (χ4v) is 2.77. The second-order valence-electron chi connectivity index (χ2n) is 5.29. The summed E-state index contributed by atoms with van der Waals surface area (Å²) in [6.07, 6.45) is 3.41. The second-order valence-corrected chi connectivity index (χ2v) is 5.70. The highest BCUT2D eigenvalue weighted by Gasteiger charge is 2.25. The Morgan fingerprint density at radius 3 is 2.33 bits per heavy atom. The number of benzene rings is 1. The minimum atomic E-state index is -0.0176. The fourth-order valence-electron chi connectivity index (χ4n) is 2.57. The van der Waals surface area contributed by atoms with Crippen molar-refractivity contribution in [3.8, 4) is 11.5 Å². The Hall–Kier alpha value is -1.46. The van der Waals surface area contributed by atoms with Crippen LogP contribution in [-0.2, 0) is 4.79 Å². The summed E-state index contributed by atoms with van der Waals surface area (Å²) in [7, 11) is 3.08. The van der Waals surface area contributed by atoms with Crippen LogP contribution in [0.4, 0.5) is 5.69 Å². The Balaban J connectivity index is 2.10. The van der Waals surface area contributed by atoms with E-state index in [-0.39, 0.29) is 17.9 Å². The number of anilines is 1. The Labute approximate surface area is 129 Å². The van der Waals surface area contributed by atoms with Crippen LogP contribution >= 0.6 is 11.6 Å². The Morgan fingerprint density at radius 2 is 1.76 bits per heavy atom. The topological polar surface area (TPSA) is 73.6 Å². The highest BCUT2D eigenvalue weighted by molar-refractivity contribution is 6.34. The van der Waals surface area contributed by atoms with E-state index < -0.39 is 0 Å². The van der Waals surface area contributed by atoms with Crippen molar-refractivity contribution in [2.45, 2.75) is 31.7 Å². The molecule has 1 amide bonds. The molecular weight excluding hydrogens is 292 g/mol. The third kappa shape index (κ3) is 3.80. The van der Waals surface area contributed by atoms with Crippen LogP contribution in [0.15, 0.2) is 12.1 Å². The number of hydrogen-bond acceptors (Lipinski definition) is 4. The number of carbonyl (C=O) groups excluding carboxylic acids is 1. The van der Waals surface area contributed by atoms with E-state index >= 15 is 0 Å². The molecule has 0 aliphatic heterocycles. The van der Waals surface area contributed by atoms with Gasteiger partial charge in [0.15, 0.2) is 11.5 Å². The predicted molar refractivity (Wildman–Crippen MR) is 83.1 cm³/mol. The van der Waals surface area contributed by atoms with Gasteiger partial charge in [0, 0.05) is 24.1 Å². The van der Waals surface area contributed by atoms with Crippen molar-refractivity contribution in [1.82, 2.24) is 0 Å². The van der Waals surface area contributed by atoms with Crippen LogP contribution in [-0.4, -0.2) is 26.2 Å². The zero-order valence-corrected chi connectivity index (χ0v) is 13.1. The summed E-state index contributed by atoms with van der Waals surface area (Å²) < 4.78 is 10.4. The van der Waals surface area contributed by atoms with E-state index in [4.69, 9.17) is 26.8 Å². The van der Waals surface area contributed by atoms with E-state index in [1.807, 2.05) is 0 Å². The minimum absolute atomic E-state index is 0.00559. The van der Waals surface area contributed by atoms with Gasteiger partial charge in [0.2, 0.25) is 5.91 Å². The van der Waals surface area contributed by atoms with Gasteiger partial charge >= 0.3 is 0 Å². The van der Waals surface area contributed by atoms with E-state index in [1.54, 1.807) is 19.2 Å². The van der Waals surface area contributed by atoms with Crippen LogP contribution < -0.4 is 20.5 Å². The zero-order chi connectivity index (χ0) is 15.4. The fraction of sp³-hybridized carbons (Fsp3) is 0.533. The van der Waals surface area contributed by atoms with Crippen LogP contribution in [0.5, 0.6) is 11.5 Å². The van der Waals surface area contributed by atoms with Gasteiger partial charge in [-0.2, -0.15) is 0 Å². The standard InChI is InChI=1S/C15H21ClN2O3/c1-20-13-7-11(16)12(8-14(13)21-2)18-15(19)9-3-5-10(17)6-4-9/h7-10H,3-6,17H2,1-2H3,(H,18,19). The molecule has 21 heavy (non-hydrogen) atoms. The molecule has 1 aliphatic rings.